The number of rotatable bonds is 3. The maximum Gasteiger partial charge on any atom is 0.153 e. The number of hydrogen-bond donors (Lipinski definition) is 1. The van der Waals surface area contributed by atoms with E-state index in [0.717, 1.165) is 49.4 Å². The SMILES string of the molecule is CC.CN=C1N(c2cccc(Cl)c2C=O)c2cc(C3CCNCC3)ccc2C1(C)C. The van der Waals surface area contributed by atoms with Crippen LogP contribution in [0.15, 0.2) is 41.4 Å². The molecule has 0 aromatic heterocycles. The summed E-state index contributed by atoms with van der Waals surface area (Å²) in [6.07, 6.45) is 3.13. The van der Waals surface area contributed by atoms with Gasteiger partial charge >= 0.3 is 0 Å². The summed E-state index contributed by atoms with van der Waals surface area (Å²) in [6, 6.07) is 12.4. The Morgan fingerprint density at radius 2 is 1.83 bits per heavy atom. The molecular formula is C25H32ClN3O. The first-order chi connectivity index (χ1) is 14.5. The molecule has 0 amide bonds. The van der Waals surface area contributed by atoms with Gasteiger partial charge in [0, 0.05) is 12.5 Å². The Hall–Kier alpha value is -2.17. The van der Waals surface area contributed by atoms with Crippen molar-refractivity contribution in [3.05, 3.63) is 58.1 Å². The number of carbonyl (C=O) groups excluding carboxylic acids is 1. The van der Waals surface area contributed by atoms with Gasteiger partial charge in [-0.2, -0.15) is 0 Å². The van der Waals surface area contributed by atoms with Gasteiger partial charge in [0.25, 0.3) is 0 Å². The van der Waals surface area contributed by atoms with Crippen LogP contribution in [-0.4, -0.2) is 32.3 Å². The molecule has 30 heavy (non-hydrogen) atoms. The van der Waals surface area contributed by atoms with E-state index >= 15 is 0 Å². The molecule has 0 unspecified atom stereocenters. The Balaban J connectivity index is 0.00000124. The monoisotopic (exact) mass is 425 g/mol. The van der Waals surface area contributed by atoms with Gasteiger partial charge in [0.15, 0.2) is 6.29 Å². The van der Waals surface area contributed by atoms with Crippen molar-refractivity contribution >= 4 is 35.1 Å². The molecule has 160 valence electrons. The third kappa shape index (κ3) is 3.79. The highest BCUT2D eigenvalue weighted by Crippen LogP contribution is 2.48. The minimum Gasteiger partial charge on any atom is -0.317 e. The van der Waals surface area contributed by atoms with Crippen molar-refractivity contribution in [1.29, 1.82) is 0 Å². The highest BCUT2D eigenvalue weighted by Gasteiger charge is 2.43. The number of nitrogens with zero attached hydrogens (tertiary/aromatic N) is 2. The third-order valence-electron chi connectivity index (χ3n) is 6.12. The Morgan fingerprint density at radius 3 is 2.47 bits per heavy atom. The van der Waals surface area contributed by atoms with Gasteiger partial charge in [-0.15, -0.1) is 0 Å². The number of piperidine rings is 1. The highest BCUT2D eigenvalue weighted by molar-refractivity contribution is 6.34. The lowest BCUT2D eigenvalue weighted by Gasteiger charge is -2.27. The van der Waals surface area contributed by atoms with E-state index in [1.807, 2.05) is 33.0 Å². The molecule has 2 aliphatic rings. The number of fused-ring (bicyclic) bond motifs is 1. The molecule has 1 saturated heterocycles. The quantitative estimate of drug-likeness (QED) is 0.604. The lowest BCUT2D eigenvalue weighted by molar-refractivity contribution is 0.112. The molecule has 0 saturated carbocycles. The van der Waals surface area contributed by atoms with Gasteiger partial charge in [-0.05, 0) is 75.0 Å². The Kier molecular flexibility index (Phi) is 6.99. The van der Waals surface area contributed by atoms with Crippen molar-refractivity contribution in [2.24, 2.45) is 4.99 Å². The van der Waals surface area contributed by atoms with Gasteiger partial charge in [-0.3, -0.25) is 14.7 Å². The van der Waals surface area contributed by atoms with Crippen molar-refractivity contribution in [2.45, 2.75) is 51.9 Å². The van der Waals surface area contributed by atoms with Gasteiger partial charge in [-0.1, -0.05) is 43.6 Å². The fraction of sp³-hybridized carbons (Fsp3) is 0.440. The van der Waals surface area contributed by atoms with Gasteiger partial charge in [0.1, 0.15) is 5.84 Å². The molecule has 4 nitrogen and oxygen atoms in total. The second-order valence-corrected chi connectivity index (χ2v) is 8.51. The van der Waals surface area contributed by atoms with E-state index in [9.17, 15) is 4.79 Å². The Labute approximate surface area is 185 Å². The molecule has 5 heteroatoms. The maximum absolute atomic E-state index is 11.8. The van der Waals surface area contributed by atoms with E-state index < -0.39 is 0 Å². The summed E-state index contributed by atoms with van der Waals surface area (Å²) in [5.74, 6) is 1.49. The summed E-state index contributed by atoms with van der Waals surface area (Å²) in [6.45, 7) is 10.5. The second kappa shape index (κ2) is 9.32. The van der Waals surface area contributed by atoms with E-state index in [2.05, 4.69) is 47.3 Å². The zero-order chi connectivity index (χ0) is 21.9. The predicted molar refractivity (Wildman–Crippen MR) is 128 cm³/mol. The zero-order valence-corrected chi connectivity index (χ0v) is 19.4. The standard InChI is InChI=1S/C23H26ClN3O.C2H6/c1-23(2)18-8-7-16(15-9-11-26-12-10-15)13-21(18)27(22(23)25-3)20-6-4-5-19(24)17(20)14-28;1-2/h4-8,13-15,26H,9-12H2,1-3H3;1-2H3. The summed E-state index contributed by atoms with van der Waals surface area (Å²) in [4.78, 5) is 18.6. The van der Waals surface area contributed by atoms with Gasteiger partial charge in [-0.25, -0.2) is 0 Å². The molecule has 1 N–H and O–H groups in total. The predicted octanol–water partition coefficient (Wildman–Crippen LogP) is 6.10. The van der Waals surface area contributed by atoms with Crippen LogP contribution in [0, 0.1) is 0 Å². The topological polar surface area (TPSA) is 44.7 Å². The number of hydrogen-bond acceptors (Lipinski definition) is 3. The lowest BCUT2D eigenvalue weighted by Crippen LogP contribution is -2.34. The minimum atomic E-state index is -0.251. The van der Waals surface area contributed by atoms with Crippen LogP contribution in [-0.2, 0) is 5.41 Å². The number of benzene rings is 2. The van der Waals surface area contributed by atoms with E-state index in [0.29, 0.717) is 16.5 Å². The molecule has 0 radical (unpaired) electrons. The van der Waals surface area contributed by atoms with E-state index in [4.69, 9.17) is 11.6 Å². The molecule has 4 rings (SSSR count). The first kappa shape index (κ1) is 22.5. The summed E-state index contributed by atoms with van der Waals surface area (Å²) in [7, 11) is 1.81. The highest BCUT2D eigenvalue weighted by atomic mass is 35.5. The fourth-order valence-electron chi connectivity index (χ4n) is 4.65. The molecule has 0 spiro atoms. The molecule has 0 bridgehead atoms. The van der Waals surface area contributed by atoms with E-state index in [1.54, 1.807) is 6.07 Å². The molecule has 2 heterocycles. The van der Waals surface area contributed by atoms with Crippen LogP contribution < -0.4 is 10.2 Å². The Morgan fingerprint density at radius 1 is 1.13 bits per heavy atom. The first-order valence-electron chi connectivity index (χ1n) is 10.8. The minimum absolute atomic E-state index is 0.251. The largest absolute Gasteiger partial charge is 0.317 e. The van der Waals surface area contributed by atoms with E-state index in [-0.39, 0.29) is 5.41 Å². The number of carbonyl (C=O) groups is 1. The number of aliphatic imine (C=N–C) groups is 1. The average Bonchev–Trinajstić information content (AvgIpc) is 3.01. The summed E-state index contributed by atoms with van der Waals surface area (Å²) < 4.78 is 0. The third-order valence-corrected chi connectivity index (χ3v) is 6.45. The molecule has 0 atom stereocenters. The second-order valence-electron chi connectivity index (χ2n) is 8.10. The van der Waals surface area contributed by atoms with Gasteiger partial charge in [0.05, 0.1) is 22.0 Å². The lowest BCUT2D eigenvalue weighted by atomic mass is 9.83. The van der Waals surface area contributed by atoms with Crippen molar-refractivity contribution in [1.82, 2.24) is 5.32 Å². The average molecular weight is 426 g/mol. The van der Waals surface area contributed by atoms with Crippen LogP contribution >= 0.6 is 11.6 Å². The van der Waals surface area contributed by atoms with Crippen LogP contribution in [0.25, 0.3) is 0 Å². The van der Waals surface area contributed by atoms with Crippen molar-refractivity contribution in [3.8, 4) is 0 Å². The normalized spacial score (nSPS) is 19.3. The molecular weight excluding hydrogens is 394 g/mol. The molecule has 2 aromatic carbocycles. The van der Waals surface area contributed by atoms with Crippen molar-refractivity contribution < 1.29 is 4.79 Å². The van der Waals surface area contributed by atoms with Crippen LogP contribution in [0.3, 0.4) is 0 Å². The van der Waals surface area contributed by atoms with Crippen LogP contribution in [0.2, 0.25) is 5.02 Å². The number of nitrogens with one attached hydrogen (secondary N) is 1. The maximum atomic E-state index is 11.8. The Bertz CT molecular complexity index is 945. The molecule has 2 aromatic rings. The smallest absolute Gasteiger partial charge is 0.153 e. The van der Waals surface area contributed by atoms with Crippen LogP contribution in [0.1, 0.15) is 67.9 Å². The summed E-state index contributed by atoms with van der Waals surface area (Å²) >= 11 is 6.35. The van der Waals surface area contributed by atoms with Gasteiger partial charge < -0.3 is 5.32 Å². The fourth-order valence-corrected chi connectivity index (χ4v) is 4.86. The van der Waals surface area contributed by atoms with Crippen molar-refractivity contribution in [3.63, 3.8) is 0 Å². The number of anilines is 2. The first-order valence-corrected chi connectivity index (χ1v) is 11.2. The molecule has 1 fully saturated rings. The van der Waals surface area contributed by atoms with Crippen LogP contribution in [0.4, 0.5) is 11.4 Å². The molecule has 2 aliphatic heterocycles. The van der Waals surface area contributed by atoms with Crippen molar-refractivity contribution in [2.75, 3.05) is 25.0 Å². The number of amidine groups is 1. The van der Waals surface area contributed by atoms with Gasteiger partial charge in [0.2, 0.25) is 0 Å². The summed E-state index contributed by atoms with van der Waals surface area (Å²) in [5, 5.41) is 3.90. The number of halogens is 1. The zero-order valence-electron chi connectivity index (χ0n) is 18.6. The van der Waals surface area contributed by atoms with E-state index in [1.165, 1.54) is 11.1 Å². The summed E-state index contributed by atoms with van der Waals surface area (Å²) in [5.41, 5.74) is 4.72. The molecule has 0 aliphatic carbocycles. The van der Waals surface area contributed by atoms with Crippen LogP contribution in [0.5, 0.6) is 0 Å². The number of aldehydes is 1.